The van der Waals surface area contributed by atoms with Crippen LogP contribution < -0.4 is 15.4 Å². The van der Waals surface area contributed by atoms with Crippen LogP contribution in [-0.4, -0.2) is 26.2 Å². The van der Waals surface area contributed by atoms with Gasteiger partial charge in [-0.1, -0.05) is 46.5 Å². The highest BCUT2D eigenvalue weighted by Gasteiger charge is 1.97. The third-order valence-corrected chi connectivity index (χ3v) is 3.53. The minimum atomic E-state index is 0.561. The van der Waals surface area contributed by atoms with Crippen molar-refractivity contribution in [1.29, 1.82) is 0 Å². The topological polar surface area (TPSA) is 33.3 Å². The zero-order valence-corrected chi connectivity index (χ0v) is 14.7. The smallest absolute Gasteiger partial charge is 0.119 e. The lowest BCUT2D eigenvalue weighted by atomic mass is 10.1. The molecule has 0 saturated carbocycles. The lowest BCUT2D eigenvalue weighted by Gasteiger charge is -2.11. The fourth-order valence-electron chi connectivity index (χ4n) is 2.21. The van der Waals surface area contributed by atoms with Crippen molar-refractivity contribution in [2.45, 2.75) is 52.9 Å². The number of rotatable bonds is 13. The van der Waals surface area contributed by atoms with Gasteiger partial charge >= 0.3 is 0 Å². The van der Waals surface area contributed by atoms with E-state index >= 15 is 0 Å². The number of benzene rings is 1. The van der Waals surface area contributed by atoms with Crippen LogP contribution in [0.4, 0.5) is 5.69 Å². The van der Waals surface area contributed by atoms with Crippen LogP contribution in [0.15, 0.2) is 24.3 Å². The van der Waals surface area contributed by atoms with E-state index in [2.05, 4.69) is 43.5 Å². The Bertz CT molecular complexity index is 362. The van der Waals surface area contributed by atoms with E-state index in [1.165, 1.54) is 32.1 Å². The predicted molar refractivity (Wildman–Crippen MR) is 96.9 cm³/mol. The molecule has 0 amide bonds. The monoisotopic (exact) mass is 306 g/mol. The minimum absolute atomic E-state index is 0.561. The maximum atomic E-state index is 5.68. The molecule has 1 aromatic carbocycles. The molecule has 0 aliphatic heterocycles. The predicted octanol–water partition coefficient (Wildman–Crippen LogP) is 4.69. The highest BCUT2D eigenvalue weighted by molar-refractivity contribution is 5.46. The number of hydrogen-bond acceptors (Lipinski definition) is 3. The molecule has 0 radical (unpaired) electrons. The van der Waals surface area contributed by atoms with E-state index in [9.17, 15) is 0 Å². The second-order valence-electron chi connectivity index (χ2n) is 6.32. The van der Waals surface area contributed by atoms with Gasteiger partial charge in [0.05, 0.1) is 6.61 Å². The van der Waals surface area contributed by atoms with Crippen LogP contribution in [0.2, 0.25) is 0 Å². The van der Waals surface area contributed by atoms with Crippen molar-refractivity contribution >= 4 is 5.69 Å². The standard InChI is InChI=1S/C19H34N2O/c1-4-5-6-7-8-13-20-14-15-21-18-9-11-19(12-10-18)22-16-17(2)3/h9-12,17,20-21H,4-8,13-16H2,1-3H3. The largest absolute Gasteiger partial charge is 0.493 e. The highest BCUT2D eigenvalue weighted by atomic mass is 16.5. The summed E-state index contributed by atoms with van der Waals surface area (Å²) in [7, 11) is 0. The minimum Gasteiger partial charge on any atom is -0.493 e. The van der Waals surface area contributed by atoms with Crippen LogP contribution in [0.5, 0.6) is 5.75 Å². The van der Waals surface area contributed by atoms with Gasteiger partial charge in [-0.3, -0.25) is 0 Å². The van der Waals surface area contributed by atoms with Crippen molar-refractivity contribution in [3.8, 4) is 5.75 Å². The van der Waals surface area contributed by atoms with Gasteiger partial charge in [-0.2, -0.15) is 0 Å². The zero-order valence-electron chi connectivity index (χ0n) is 14.7. The number of hydrogen-bond donors (Lipinski definition) is 2. The molecule has 22 heavy (non-hydrogen) atoms. The van der Waals surface area contributed by atoms with Crippen molar-refractivity contribution in [2.24, 2.45) is 5.92 Å². The summed E-state index contributed by atoms with van der Waals surface area (Å²) in [6, 6.07) is 8.23. The molecule has 0 aliphatic rings. The average Bonchev–Trinajstić information content (AvgIpc) is 2.52. The molecular weight excluding hydrogens is 272 g/mol. The summed E-state index contributed by atoms with van der Waals surface area (Å²) in [5, 5.41) is 6.92. The number of nitrogens with one attached hydrogen (secondary N) is 2. The molecule has 126 valence electrons. The molecule has 0 saturated heterocycles. The summed E-state index contributed by atoms with van der Waals surface area (Å²) in [4.78, 5) is 0. The zero-order chi connectivity index (χ0) is 16.0. The van der Waals surface area contributed by atoms with Gasteiger partial charge in [0.15, 0.2) is 0 Å². The van der Waals surface area contributed by atoms with E-state index in [1.807, 2.05) is 12.1 Å². The van der Waals surface area contributed by atoms with E-state index in [0.29, 0.717) is 5.92 Å². The van der Waals surface area contributed by atoms with Crippen molar-refractivity contribution in [2.75, 3.05) is 31.6 Å². The summed E-state index contributed by atoms with van der Waals surface area (Å²) >= 11 is 0. The van der Waals surface area contributed by atoms with Crippen LogP contribution in [0.3, 0.4) is 0 Å². The first-order valence-corrected chi connectivity index (χ1v) is 8.89. The third kappa shape index (κ3) is 9.67. The molecule has 2 N–H and O–H groups in total. The SMILES string of the molecule is CCCCCCCNCCNc1ccc(OCC(C)C)cc1. The first-order valence-electron chi connectivity index (χ1n) is 8.89. The Kier molecular flexibility index (Phi) is 10.6. The Balaban J connectivity index is 2.03. The van der Waals surface area contributed by atoms with Gasteiger partial charge in [-0.25, -0.2) is 0 Å². The van der Waals surface area contributed by atoms with Gasteiger partial charge in [0.1, 0.15) is 5.75 Å². The second-order valence-corrected chi connectivity index (χ2v) is 6.32. The Labute approximate surface area is 136 Å². The van der Waals surface area contributed by atoms with Crippen molar-refractivity contribution in [3.63, 3.8) is 0 Å². The van der Waals surface area contributed by atoms with Crippen molar-refractivity contribution in [1.82, 2.24) is 5.32 Å². The van der Waals surface area contributed by atoms with Gasteiger partial charge in [0.25, 0.3) is 0 Å². The van der Waals surface area contributed by atoms with E-state index in [-0.39, 0.29) is 0 Å². The van der Waals surface area contributed by atoms with Gasteiger partial charge < -0.3 is 15.4 Å². The fraction of sp³-hybridized carbons (Fsp3) is 0.684. The van der Waals surface area contributed by atoms with E-state index in [4.69, 9.17) is 4.74 Å². The Morgan fingerprint density at radius 2 is 1.64 bits per heavy atom. The molecule has 3 nitrogen and oxygen atoms in total. The molecule has 0 fully saturated rings. The highest BCUT2D eigenvalue weighted by Crippen LogP contribution is 2.16. The molecule has 0 aromatic heterocycles. The molecule has 3 heteroatoms. The Morgan fingerprint density at radius 1 is 0.909 bits per heavy atom. The van der Waals surface area contributed by atoms with Crippen LogP contribution in [0.25, 0.3) is 0 Å². The Morgan fingerprint density at radius 3 is 2.32 bits per heavy atom. The summed E-state index contributed by atoms with van der Waals surface area (Å²) in [6.45, 7) is 10.5. The Hall–Kier alpha value is -1.22. The lowest BCUT2D eigenvalue weighted by Crippen LogP contribution is -2.23. The summed E-state index contributed by atoms with van der Waals surface area (Å²) in [5.41, 5.74) is 1.15. The second kappa shape index (κ2) is 12.3. The van der Waals surface area contributed by atoms with Crippen molar-refractivity contribution in [3.05, 3.63) is 24.3 Å². The van der Waals surface area contributed by atoms with E-state index in [1.54, 1.807) is 0 Å². The molecule has 0 aliphatic carbocycles. The van der Waals surface area contributed by atoms with Crippen LogP contribution in [0, 0.1) is 5.92 Å². The molecule has 0 bridgehead atoms. The average molecular weight is 306 g/mol. The summed E-state index contributed by atoms with van der Waals surface area (Å²) < 4.78 is 5.68. The molecule has 0 heterocycles. The molecule has 0 spiro atoms. The molecule has 1 rings (SSSR count). The summed E-state index contributed by atoms with van der Waals surface area (Å²) in [6.07, 6.45) is 6.72. The summed E-state index contributed by atoms with van der Waals surface area (Å²) in [5.74, 6) is 1.51. The van der Waals surface area contributed by atoms with Crippen LogP contribution >= 0.6 is 0 Å². The van der Waals surface area contributed by atoms with Gasteiger partial charge in [-0.05, 0) is 43.1 Å². The van der Waals surface area contributed by atoms with Gasteiger partial charge in [0, 0.05) is 18.8 Å². The van der Waals surface area contributed by atoms with Crippen LogP contribution in [-0.2, 0) is 0 Å². The molecule has 0 atom stereocenters. The number of unbranched alkanes of at least 4 members (excludes halogenated alkanes) is 4. The third-order valence-electron chi connectivity index (χ3n) is 3.53. The van der Waals surface area contributed by atoms with E-state index < -0.39 is 0 Å². The van der Waals surface area contributed by atoms with Crippen molar-refractivity contribution < 1.29 is 4.74 Å². The maximum Gasteiger partial charge on any atom is 0.119 e. The number of anilines is 1. The molecular formula is C19H34N2O. The lowest BCUT2D eigenvalue weighted by molar-refractivity contribution is 0.271. The molecule has 0 unspecified atom stereocenters. The van der Waals surface area contributed by atoms with Crippen LogP contribution in [0.1, 0.15) is 52.9 Å². The number of ether oxygens (including phenoxy) is 1. The van der Waals surface area contributed by atoms with Gasteiger partial charge in [-0.15, -0.1) is 0 Å². The first-order chi connectivity index (χ1) is 10.7. The first kappa shape index (κ1) is 18.8. The normalized spacial score (nSPS) is 10.9. The quantitative estimate of drug-likeness (QED) is 0.519. The van der Waals surface area contributed by atoms with Gasteiger partial charge in [0.2, 0.25) is 0 Å². The van der Waals surface area contributed by atoms with E-state index in [0.717, 1.165) is 37.7 Å². The molecule has 1 aromatic rings. The maximum absolute atomic E-state index is 5.68. The fourth-order valence-corrected chi connectivity index (χ4v) is 2.21.